The molecule has 612 valence electrons. The molecule has 6 aromatic heterocycles. The fourth-order valence-corrected chi connectivity index (χ4v) is 23.8. The fraction of sp³-hybridized carbons (Fsp3) is 0.0240. The van der Waals surface area contributed by atoms with Crippen molar-refractivity contribution in [3.63, 3.8) is 0 Å². The van der Waals surface area contributed by atoms with Crippen LogP contribution in [0.4, 0.5) is 0 Å². The maximum absolute atomic E-state index is 6.84. The lowest BCUT2D eigenvalue weighted by Gasteiger charge is -2.31. The van der Waals surface area contributed by atoms with Gasteiger partial charge in [0.25, 0.3) is 0 Å². The van der Waals surface area contributed by atoms with Crippen molar-refractivity contribution in [3.05, 3.63) is 516 Å². The standard InChI is InChI=1S/C48H29NO.C42H25NO.C35H20N2O/c1-2-13-30(14-3-1)31-25-27-32(28-26-31)39-29-43(49-42-23-10-6-17-35(39)42)36-19-12-20-38-45(36)48(46-37-18-7-11-24-44(37)50-47(38)46)40-21-8-4-15-33(40)34-16-5-9-22-41(34)48;1-2-13-26(14-3-1)32-25-37(43-36-23-10-6-15-27(32)36)30-19-12-22-35-39(30)28-16-4-8-20-33(28)42(35)34-21-9-5-17-29(34)41-40(42)31-18-7-11-24-38(31)44-41;1-7-15-30-22(9-1)20-36-34(37-30)21-17-18-24-23-10-2-5-13-27(23)35(29(24)19-21)28-14-6-3-11-25(28)33-32(35)26-12-4-8-16-31(26)38-33/h1-29H;1-25H;1-20H. The molecular weight excluding hydrogens is 1610 g/mol. The number of pyridine rings is 2. The van der Waals surface area contributed by atoms with Gasteiger partial charge in [-0.2, -0.15) is 0 Å². The van der Waals surface area contributed by atoms with Gasteiger partial charge in [0.2, 0.25) is 0 Å². The van der Waals surface area contributed by atoms with Crippen molar-refractivity contribution in [2.75, 3.05) is 0 Å². The summed E-state index contributed by atoms with van der Waals surface area (Å²) in [4.78, 5) is 20.4. The van der Waals surface area contributed by atoms with Crippen LogP contribution in [0.5, 0.6) is 0 Å². The van der Waals surface area contributed by atoms with E-state index in [-0.39, 0.29) is 0 Å². The van der Waals surface area contributed by atoms with Gasteiger partial charge in [0.05, 0.1) is 44.2 Å². The number of hydrogen-bond acceptors (Lipinski definition) is 7. The third kappa shape index (κ3) is 10.2. The van der Waals surface area contributed by atoms with Crippen molar-refractivity contribution in [1.82, 2.24) is 19.9 Å². The lowest BCUT2D eigenvalue weighted by molar-refractivity contribution is 0.628. The molecule has 0 fully saturated rings. The molecule has 3 spiro atoms. The highest BCUT2D eigenvalue weighted by molar-refractivity contribution is 6.10. The van der Waals surface area contributed by atoms with Gasteiger partial charge >= 0.3 is 0 Å². The first-order chi connectivity index (χ1) is 65.5. The second kappa shape index (κ2) is 28.4. The van der Waals surface area contributed by atoms with Crippen LogP contribution in [0.1, 0.15) is 66.8 Å². The molecule has 2 atom stereocenters. The zero-order valence-electron chi connectivity index (χ0n) is 71.2. The van der Waals surface area contributed by atoms with Crippen molar-refractivity contribution in [2.45, 2.75) is 16.2 Å². The largest absolute Gasteiger partial charge is 0.456 e. The minimum atomic E-state index is -0.564. The van der Waals surface area contributed by atoms with Crippen molar-refractivity contribution < 1.29 is 13.3 Å². The first-order valence-corrected chi connectivity index (χ1v) is 45.3. The molecule has 0 bridgehead atoms. The van der Waals surface area contributed by atoms with E-state index in [2.05, 4.69) is 419 Å². The van der Waals surface area contributed by atoms with Crippen LogP contribution in [0, 0.1) is 0 Å². The number of para-hydroxylation sites is 6. The summed E-state index contributed by atoms with van der Waals surface area (Å²) in [6.07, 6.45) is 1.92. The molecule has 0 saturated heterocycles. The Hall–Kier alpha value is -17.3. The van der Waals surface area contributed by atoms with Crippen molar-refractivity contribution in [2.24, 2.45) is 0 Å². The summed E-state index contributed by atoms with van der Waals surface area (Å²) >= 11 is 0. The number of aromatic nitrogens is 4. The number of benzene rings is 18. The molecule has 6 aliphatic rings. The molecule has 7 heteroatoms. The third-order valence-electron chi connectivity index (χ3n) is 28.9. The Morgan fingerprint density at radius 1 is 0.189 bits per heavy atom. The van der Waals surface area contributed by atoms with Gasteiger partial charge in [0.15, 0.2) is 5.82 Å². The second-order valence-corrected chi connectivity index (χ2v) is 35.4. The van der Waals surface area contributed by atoms with Crippen LogP contribution in [0.3, 0.4) is 0 Å². The summed E-state index contributed by atoms with van der Waals surface area (Å²) in [7, 11) is 0. The summed E-state index contributed by atoms with van der Waals surface area (Å²) in [5.41, 5.74) is 42.7. The summed E-state index contributed by atoms with van der Waals surface area (Å²) in [6, 6.07) is 159. The van der Waals surface area contributed by atoms with E-state index in [4.69, 9.17) is 33.2 Å². The highest BCUT2D eigenvalue weighted by Crippen LogP contribution is 2.70. The predicted molar refractivity (Wildman–Crippen MR) is 534 cm³/mol. The molecule has 0 radical (unpaired) electrons. The quantitative estimate of drug-likeness (QED) is 0.164. The highest BCUT2D eigenvalue weighted by Gasteiger charge is 2.59. The molecular formula is C125H74N4O3. The SMILES string of the molecule is c1ccc(-c2cc(-c3cccc4c3-c3ccccc3C43c4ccccc4-c4oc5ccccc5c43)nc3ccccc23)cc1.c1ccc(-c2ccc(-c3cc(-c4cccc5c4C4(c6ccccc6-c6ccccc64)c4c-5oc5ccccc45)nc4ccccc34)cc2)cc1.c1ccc2c(c1)-c1ccc(-c3ncc4ccccc4n3)cc1C21c2ccccc2-c2oc3ccccc3c21. The molecule has 30 rings (SSSR count). The van der Waals surface area contributed by atoms with E-state index in [0.29, 0.717) is 0 Å². The van der Waals surface area contributed by atoms with Crippen LogP contribution >= 0.6 is 0 Å². The number of hydrogen-bond donors (Lipinski definition) is 0. The summed E-state index contributed by atoms with van der Waals surface area (Å²) in [5, 5.41) is 6.82. The first-order valence-electron chi connectivity index (χ1n) is 45.3. The minimum Gasteiger partial charge on any atom is -0.456 e. The van der Waals surface area contributed by atoms with Gasteiger partial charge in [-0.05, 0) is 171 Å². The molecule has 0 saturated carbocycles. The highest BCUT2D eigenvalue weighted by atomic mass is 16.3. The summed E-state index contributed by atoms with van der Waals surface area (Å²) < 4.78 is 20.1. The molecule has 24 aromatic rings. The van der Waals surface area contributed by atoms with Crippen molar-refractivity contribution in [3.8, 4) is 135 Å². The molecule has 0 amide bonds. The smallest absolute Gasteiger partial charge is 0.159 e. The molecule has 132 heavy (non-hydrogen) atoms. The fourth-order valence-electron chi connectivity index (χ4n) is 23.8. The number of rotatable bonds is 6. The Kier molecular flexibility index (Phi) is 15.9. The van der Waals surface area contributed by atoms with Gasteiger partial charge in [-0.3, -0.25) is 0 Å². The zero-order chi connectivity index (χ0) is 86.5. The Bertz CT molecular complexity index is 8960. The molecule has 7 nitrogen and oxygen atoms in total. The van der Waals surface area contributed by atoms with E-state index in [0.717, 1.165) is 123 Å². The molecule has 0 N–H and O–H groups in total. The lowest BCUT2D eigenvalue weighted by atomic mass is 9.68. The second-order valence-electron chi connectivity index (χ2n) is 35.4. The Labute approximate surface area is 760 Å². The van der Waals surface area contributed by atoms with Crippen LogP contribution in [0.25, 0.3) is 200 Å². The zero-order valence-corrected chi connectivity index (χ0v) is 71.2. The van der Waals surface area contributed by atoms with Crippen LogP contribution in [-0.4, -0.2) is 19.9 Å². The van der Waals surface area contributed by atoms with E-state index in [1.807, 2.05) is 30.5 Å². The molecule has 18 aromatic carbocycles. The van der Waals surface area contributed by atoms with Crippen LogP contribution in [-0.2, 0) is 16.2 Å². The number of nitrogens with zero attached hydrogens (tertiary/aromatic N) is 4. The number of fused-ring (bicyclic) bond motifs is 39. The summed E-state index contributed by atoms with van der Waals surface area (Å²) in [5.74, 6) is 3.63. The van der Waals surface area contributed by atoms with Crippen molar-refractivity contribution >= 4 is 65.6 Å². The van der Waals surface area contributed by atoms with Crippen LogP contribution in [0.15, 0.2) is 462 Å². The normalized spacial score (nSPS) is 15.1. The van der Waals surface area contributed by atoms with E-state index >= 15 is 0 Å². The molecule has 6 heterocycles. The van der Waals surface area contributed by atoms with Gasteiger partial charge in [-0.1, -0.05) is 388 Å². The Morgan fingerprint density at radius 3 is 1.10 bits per heavy atom. The predicted octanol–water partition coefficient (Wildman–Crippen LogP) is 31.4. The monoisotopic (exact) mass is 1680 g/mol. The first kappa shape index (κ1) is 73.9. The Morgan fingerprint density at radius 2 is 0.538 bits per heavy atom. The van der Waals surface area contributed by atoms with Crippen molar-refractivity contribution in [1.29, 1.82) is 0 Å². The maximum Gasteiger partial charge on any atom is 0.159 e. The topological polar surface area (TPSA) is 91.0 Å². The van der Waals surface area contributed by atoms with Crippen LogP contribution < -0.4 is 0 Å². The van der Waals surface area contributed by atoms with E-state index < -0.39 is 16.2 Å². The van der Waals surface area contributed by atoms with E-state index in [1.165, 1.54) is 144 Å². The third-order valence-corrected chi connectivity index (χ3v) is 28.9. The average Bonchev–Trinajstić information content (AvgIpc) is 1.50. The van der Waals surface area contributed by atoms with Gasteiger partial charge in [0.1, 0.15) is 34.0 Å². The van der Waals surface area contributed by atoms with Gasteiger partial charge in [-0.25, -0.2) is 19.9 Å². The molecule has 2 unspecified atom stereocenters. The molecule has 0 aliphatic heterocycles. The lowest BCUT2D eigenvalue weighted by Crippen LogP contribution is -2.26. The Balaban J connectivity index is 0.0000001000. The summed E-state index contributed by atoms with van der Waals surface area (Å²) in [6.45, 7) is 0. The van der Waals surface area contributed by atoms with Gasteiger partial charge in [-0.15, -0.1) is 0 Å². The molecule has 6 aliphatic carbocycles. The van der Waals surface area contributed by atoms with E-state index in [9.17, 15) is 0 Å². The minimum absolute atomic E-state index is 0.475. The van der Waals surface area contributed by atoms with E-state index in [1.54, 1.807) is 0 Å². The van der Waals surface area contributed by atoms with Gasteiger partial charge < -0.3 is 13.3 Å². The van der Waals surface area contributed by atoms with Gasteiger partial charge in [0, 0.05) is 88.6 Å². The average molecular weight is 1680 g/mol. The number of furan rings is 3. The maximum atomic E-state index is 6.84. The van der Waals surface area contributed by atoms with Crippen LogP contribution in [0.2, 0.25) is 0 Å².